The first kappa shape index (κ1) is 14.8. The quantitative estimate of drug-likeness (QED) is 0.794. The molecule has 1 heterocycles. The van der Waals surface area contributed by atoms with Crippen molar-refractivity contribution < 1.29 is 16.8 Å². The average molecular weight is 324 g/mol. The van der Waals surface area contributed by atoms with Crippen LogP contribution in [0, 0.1) is 6.92 Å². The number of sulfonamides is 1. The van der Waals surface area contributed by atoms with Gasteiger partial charge in [0, 0.05) is 23.8 Å². The van der Waals surface area contributed by atoms with Crippen molar-refractivity contribution in [3.05, 3.63) is 23.8 Å². The van der Waals surface area contributed by atoms with Crippen molar-refractivity contribution in [2.75, 3.05) is 13.1 Å². The Balaban J connectivity index is 2.52. The van der Waals surface area contributed by atoms with Gasteiger partial charge in [0.05, 0.1) is 9.79 Å². The van der Waals surface area contributed by atoms with Crippen LogP contribution in [0.3, 0.4) is 0 Å². The van der Waals surface area contributed by atoms with Gasteiger partial charge in [-0.15, -0.1) is 0 Å². The van der Waals surface area contributed by atoms with E-state index in [-0.39, 0.29) is 9.79 Å². The van der Waals surface area contributed by atoms with Gasteiger partial charge in [-0.25, -0.2) is 16.8 Å². The van der Waals surface area contributed by atoms with E-state index in [2.05, 4.69) is 0 Å². The Bertz CT molecular complexity index is 691. The Hall–Kier alpha value is -0.630. The molecule has 0 radical (unpaired) electrons. The zero-order chi connectivity index (χ0) is 14.3. The second-order valence-electron chi connectivity index (χ2n) is 4.48. The molecule has 1 fully saturated rings. The monoisotopic (exact) mass is 323 g/mol. The molecule has 1 aliphatic heterocycles. The summed E-state index contributed by atoms with van der Waals surface area (Å²) in [6, 6.07) is 4.00. The molecule has 5 nitrogen and oxygen atoms in total. The van der Waals surface area contributed by atoms with Gasteiger partial charge in [-0.3, -0.25) is 0 Å². The molecule has 0 spiro atoms. The molecule has 0 atom stereocenters. The van der Waals surface area contributed by atoms with Gasteiger partial charge in [-0.2, -0.15) is 4.31 Å². The number of rotatable bonds is 3. The maximum Gasteiger partial charge on any atom is 0.261 e. The van der Waals surface area contributed by atoms with E-state index >= 15 is 0 Å². The van der Waals surface area contributed by atoms with E-state index < -0.39 is 19.1 Å². The Labute approximate surface area is 117 Å². The van der Waals surface area contributed by atoms with Gasteiger partial charge in [0.15, 0.2) is 0 Å². The molecule has 0 aromatic heterocycles. The molecule has 106 valence electrons. The molecule has 1 saturated heterocycles. The molecule has 1 aliphatic rings. The lowest BCUT2D eigenvalue weighted by atomic mass is 10.2. The summed E-state index contributed by atoms with van der Waals surface area (Å²) in [7, 11) is -2.27. The van der Waals surface area contributed by atoms with Crippen molar-refractivity contribution in [3.63, 3.8) is 0 Å². The zero-order valence-corrected chi connectivity index (χ0v) is 12.7. The first-order valence-corrected chi connectivity index (χ1v) is 9.53. The van der Waals surface area contributed by atoms with E-state index in [9.17, 15) is 16.8 Å². The molecule has 1 aromatic rings. The zero-order valence-electron chi connectivity index (χ0n) is 10.3. The lowest BCUT2D eigenvalue weighted by molar-refractivity contribution is 0.477. The van der Waals surface area contributed by atoms with Crippen LogP contribution in [0.25, 0.3) is 0 Å². The van der Waals surface area contributed by atoms with Crippen molar-refractivity contribution in [3.8, 4) is 0 Å². The van der Waals surface area contributed by atoms with Crippen LogP contribution in [0.1, 0.15) is 18.4 Å². The number of benzene rings is 1. The molecule has 0 N–H and O–H groups in total. The third-order valence-electron chi connectivity index (χ3n) is 3.13. The van der Waals surface area contributed by atoms with Gasteiger partial charge in [-0.1, -0.05) is 6.07 Å². The van der Waals surface area contributed by atoms with E-state index in [1.807, 2.05) is 0 Å². The van der Waals surface area contributed by atoms with Gasteiger partial charge < -0.3 is 0 Å². The first-order valence-electron chi connectivity index (χ1n) is 5.78. The average Bonchev–Trinajstić information content (AvgIpc) is 2.81. The summed E-state index contributed by atoms with van der Waals surface area (Å²) in [6.45, 7) is 2.51. The highest BCUT2D eigenvalue weighted by molar-refractivity contribution is 8.13. The lowest BCUT2D eigenvalue weighted by Crippen LogP contribution is -2.28. The third-order valence-corrected chi connectivity index (χ3v) is 6.48. The Morgan fingerprint density at radius 1 is 1.11 bits per heavy atom. The fourth-order valence-corrected chi connectivity index (χ4v) is 4.92. The Morgan fingerprint density at radius 3 is 2.21 bits per heavy atom. The van der Waals surface area contributed by atoms with Gasteiger partial charge >= 0.3 is 0 Å². The molecule has 0 saturated carbocycles. The lowest BCUT2D eigenvalue weighted by Gasteiger charge is -2.16. The number of nitrogens with zero attached hydrogens (tertiary/aromatic N) is 1. The highest BCUT2D eigenvalue weighted by Crippen LogP contribution is 2.26. The van der Waals surface area contributed by atoms with E-state index in [4.69, 9.17) is 10.7 Å². The molecule has 0 aliphatic carbocycles. The standard InChI is InChI=1S/C11H14ClNO4S2/c1-9-4-5-10(8-11(9)18(12,14)15)19(16,17)13-6-2-3-7-13/h4-5,8H,2-3,6-7H2,1H3. The van der Waals surface area contributed by atoms with Crippen LogP contribution in [-0.4, -0.2) is 34.2 Å². The normalized spacial score (nSPS) is 17.8. The van der Waals surface area contributed by atoms with Crippen molar-refractivity contribution >= 4 is 29.8 Å². The predicted molar refractivity (Wildman–Crippen MR) is 72.2 cm³/mol. The number of hydrogen-bond donors (Lipinski definition) is 0. The topological polar surface area (TPSA) is 71.5 Å². The number of hydrogen-bond acceptors (Lipinski definition) is 4. The summed E-state index contributed by atoms with van der Waals surface area (Å²) >= 11 is 0. The van der Waals surface area contributed by atoms with Crippen molar-refractivity contribution in [1.82, 2.24) is 4.31 Å². The minimum absolute atomic E-state index is 0.0285. The van der Waals surface area contributed by atoms with Crippen LogP contribution in [0.15, 0.2) is 28.0 Å². The number of aryl methyl sites for hydroxylation is 1. The van der Waals surface area contributed by atoms with Crippen LogP contribution in [0.2, 0.25) is 0 Å². The molecule has 8 heteroatoms. The van der Waals surface area contributed by atoms with Crippen LogP contribution in [-0.2, 0) is 19.1 Å². The van der Waals surface area contributed by atoms with Gasteiger partial charge in [0.2, 0.25) is 10.0 Å². The highest BCUT2D eigenvalue weighted by atomic mass is 35.7. The fraction of sp³-hybridized carbons (Fsp3) is 0.455. The third kappa shape index (κ3) is 2.94. The summed E-state index contributed by atoms with van der Waals surface area (Å²) in [5, 5.41) is 0. The summed E-state index contributed by atoms with van der Waals surface area (Å²) in [5.74, 6) is 0. The second kappa shape index (κ2) is 5.05. The Kier molecular flexibility index (Phi) is 3.92. The maximum absolute atomic E-state index is 12.3. The second-order valence-corrected chi connectivity index (χ2v) is 8.95. The minimum atomic E-state index is -3.95. The molecule has 0 bridgehead atoms. The SMILES string of the molecule is Cc1ccc(S(=O)(=O)N2CCCC2)cc1S(=O)(=O)Cl. The van der Waals surface area contributed by atoms with Crippen LogP contribution >= 0.6 is 10.7 Å². The highest BCUT2D eigenvalue weighted by Gasteiger charge is 2.28. The van der Waals surface area contributed by atoms with Crippen LogP contribution < -0.4 is 0 Å². The van der Waals surface area contributed by atoms with Crippen molar-refractivity contribution in [2.45, 2.75) is 29.6 Å². The molecular formula is C11H14ClNO4S2. The van der Waals surface area contributed by atoms with E-state index in [1.54, 1.807) is 6.92 Å². The van der Waals surface area contributed by atoms with E-state index in [0.29, 0.717) is 18.7 Å². The van der Waals surface area contributed by atoms with Crippen LogP contribution in [0.5, 0.6) is 0 Å². The maximum atomic E-state index is 12.3. The summed E-state index contributed by atoms with van der Waals surface area (Å²) < 4.78 is 48.8. The molecule has 19 heavy (non-hydrogen) atoms. The summed E-state index contributed by atoms with van der Waals surface area (Å²) in [5.41, 5.74) is 0.426. The Morgan fingerprint density at radius 2 is 1.68 bits per heavy atom. The minimum Gasteiger partial charge on any atom is -0.207 e. The van der Waals surface area contributed by atoms with Gasteiger partial charge in [0.1, 0.15) is 0 Å². The molecular weight excluding hydrogens is 310 g/mol. The van der Waals surface area contributed by atoms with Gasteiger partial charge in [-0.05, 0) is 37.5 Å². The molecule has 0 unspecified atom stereocenters. The van der Waals surface area contributed by atoms with E-state index in [0.717, 1.165) is 18.9 Å². The number of halogens is 1. The fourth-order valence-electron chi connectivity index (χ4n) is 2.08. The predicted octanol–water partition coefficient (Wildman–Crippen LogP) is 1.71. The molecule has 2 rings (SSSR count). The molecule has 0 amide bonds. The van der Waals surface area contributed by atoms with Crippen molar-refractivity contribution in [1.29, 1.82) is 0 Å². The largest absolute Gasteiger partial charge is 0.261 e. The van der Waals surface area contributed by atoms with Crippen molar-refractivity contribution in [2.24, 2.45) is 0 Å². The van der Waals surface area contributed by atoms with Crippen LogP contribution in [0.4, 0.5) is 0 Å². The smallest absolute Gasteiger partial charge is 0.207 e. The summed E-state index contributed by atoms with van der Waals surface area (Å²) in [4.78, 5) is -0.186. The van der Waals surface area contributed by atoms with Gasteiger partial charge in [0.25, 0.3) is 9.05 Å². The summed E-state index contributed by atoms with van der Waals surface area (Å²) in [6.07, 6.45) is 1.65. The first-order chi connectivity index (χ1) is 8.73. The van der Waals surface area contributed by atoms with E-state index in [1.165, 1.54) is 16.4 Å². The molecule has 1 aromatic carbocycles.